The fraction of sp³-hybridized carbons (Fsp3) is 0.0952. The molecule has 2 aromatic heterocycles. The summed E-state index contributed by atoms with van der Waals surface area (Å²) in [5.74, 6) is -0.284. The van der Waals surface area contributed by atoms with Gasteiger partial charge in [-0.25, -0.2) is 4.79 Å². The number of carbonyl (C=O) groups is 1. The van der Waals surface area contributed by atoms with E-state index in [1.54, 1.807) is 0 Å². The largest absolute Gasteiger partial charge is 0.462 e. The van der Waals surface area contributed by atoms with Gasteiger partial charge in [0, 0.05) is 6.20 Å². The molecule has 2 heterocycles. The maximum Gasteiger partial charge on any atom is 0.340 e. The standard InChI is InChI=1S/C21H17NO2/c1-2-24-21(23)18-14-20(22-12-6-5-9-19(18)22)17-11-10-15-7-3-4-8-16(15)13-17/h3-14H,2H2,1H3. The minimum absolute atomic E-state index is 0.284. The summed E-state index contributed by atoms with van der Waals surface area (Å²) in [5, 5.41) is 2.38. The van der Waals surface area contributed by atoms with Gasteiger partial charge in [0.1, 0.15) is 0 Å². The maximum absolute atomic E-state index is 12.3. The van der Waals surface area contributed by atoms with Crippen LogP contribution in [0.25, 0.3) is 27.5 Å². The van der Waals surface area contributed by atoms with Crippen LogP contribution >= 0.6 is 0 Å². The number of carbonyl (C=O) groups excluding carboxylic acids is 1. The fourth-order valence-corrected chi connectivity index (χ4v) is 3.10. The molecule has 0 atom stereocenters. The second-order valence-electron chi connectivity index (χ2n) is 5.68. The summed E-state index contributed by atoms with van der Waals surface area (Å²) < 4.78 is 7.24. The lowest BCUT2D eigenvalue weighted by atomic mass is 10.0. The van der Waals surface area contributed by atoms with Gasteiger partial charge in [-0.05, 0) is 47.5 Å². The Labute approximate surface area is 140 Å². The second kappa shape index (κ2) is 5.85. The van der Waals surface area contributed by atoms with Crippen molar-refractivity contribution in [2.75, 3.05) is 6.61 Å². The van der Waals surface area contributed by atoms with Gasteiger partial charge in [-0.3, -0.25) is 0 Å². The van der Waals surface area contributed by atoms with Crippen molar-refractivity contribution in [2.24, 2.45) is 0 Å². The van der Waals surface area contributed by atoms with Crippen LogP contribution in [0.4, 0.5) is 0 Å². The van der Waals surface area contributed by atoms with Gasteiger partial charge < -0.3 is 9.14 Å². The topological polar surface area (TPSA) is 30.7 Å². The van der Waals surface area contributed by atoms with Crippen molar-refractivity contribution in [2.45, 2.75) is 6.92 Å². The summed E-state index contributed by atoms with van der Waals surface area (Å²) in [6, 6.07) is 22.4. The van der Waals surface area contributed by atoms with Crippen LogP contribution in [0.5, 0.6) is 0 Å². The molecule has 0 saturated heterocycles. The molecule has 3 nitrogen and oxygen atoms in total. The molecule has 0 amide bonds. The number of aromatic nitrogens is 1. The number of fused-ring (bicyclic) bond motifs is 2. The zero-order valence-electron chi connectivity index (χ0n) is 13.4. The number of rotatable bonds is 3. The zero-order valence-corrected chi connectivity index (χ0v) is 13.4. The Hall–Kier alpha value is -3.07. The van der Waals surface area contributed by atoms with Gasteiger partial charge in [0.05, 0.1) is 23.4 Å². The molecule has 0 aliphatic rings. The molecule has 0 spiro atoms. The molecule has 0 unspecified atom stereocenters. The number of pyridine rings is 1. The minimum Gasteiger partial charge on any atom is -0.462 e. The summed E-state index contributed by atoms with van der Waals surface area (Å²) in [7, 11) is 0. The average Bonchev–Trinajstić information content (AvgIpc) is 3.01. The van der Waals surface area contributed by atoms with Crippen molar-refractivity contribution < 1.29 is 9.53 Å². The van der Waals surface area contributed by atoms with E-state index < -0.39 is 0 Å². The van der Waals surface area contributed by atoms with Crippen molar-refractivity contribution in [3.8, 4) is 11.3 Å². The van der Waals surface area contributed by atoms with Gasteiger partial charge in [-0.15, -0.1) is 0 Å². The predicted octanol–water partition coefficient (Wildman–Crippen LogP) is 4.94. The summed E-state index contributed by atoms with van der Waals surface area (Å²) in [6.45, 7) is 2.19. The Morgan fingerprint density at radius 1 is 0.958 bits per heavy atom. The van der Waals surface area contributed by atoms with Crippen LogP contribution < -0.4 is 0 Å². The van der Waals surface area contributed by atoms with Crippen molar-refractivity contribution >= 4 is 22.3 Å². The van der Waals surface area contributed by atoms with E-state index in [1.165, 1.54) is 10.8 Å². The fourth-order valence-electron chi connectivity index (χ4n) is 3.10. The van der Waals surface area contributed by atoms with E-state index in [4.69, 9.17) is 4.74 Å². The molecule has 4 rings (SSSR count). The number of ether oxygens (including phenoxy) is 1. The highest BCUT2D eigenvalue weighted by molar-refractivity contribution is 6.00. The Kier molecular flexibility index (Phi) is 3.54. The monoisotopic (exact) mass is 315 g/mol. The lowest BCUT2D eigenvalue weighted by molar-refractivity contribution is 0.0529. The van der Waals surface area contributed by atoms with Gasteiger partial charge >= 0.3 is 5.97 Å². The highest BCUT2D eigenvalue weighted by Crippen LogP contribution is 2.29. The number of hydrogen-bond acceptors (Lipinski definition) is 2. The molecule has 0 aliphatic heterocycles. The molecule has 0 bridgehead atoms. The Balaban J connectivity index is 1.93. The third-order valence-corrected chi connectivity index (χ3v) is 4.22. The van der Waals surface area contributed by atoms with E-state index in [2.05, 4.69) is 30.3 Å². The van der Waals surface area contributed by atoms with Crippen LogP contribution in [0.2, 0.25) is 0 Å². The molecule has 24 heavy (non-hydrogen) atoms. The quantitative estimate of drug-likeness (QED) is 0.502. The van der Waals surface area contributed by atoms with E-state index in [-0.39, 0.29) is 5.97 Å². The maximum atomic E-state index is 12.3. The third kappa shape index (κ3) is 2.35. The first-order valence-electron chi connectivity index (χ1n) is 8.04. The smallest absolute Gasteiger partial charge is 0.340 e. The second-order valence-corrected chi connectivity index (χ2v) is 5.68. The van der Waals surface area contributed by atoms with E-state index in [9.17, 15) is 4.79 Å². The first-order chi connectivity index (χ1) is 11.8. The predicted molar refractivity (Wildman–Crippen MR) is 96.3 cm³/mol. The number of esters is 1. The zero-order chi connectivity index (χ0) is 16.5. The van der Waals surface area contributed by atoms with Crippen LogP contribution in [0.1, 0.15) is 17.3 Å². The van der Waals surface area contributed by atoms with Crippen LogP contribution in [-0.2, 0) is 4.74 Å². The molecule has 0 radical (unpaired) electrons. The van der Waals surface area contributed by atoms with Crippen LogP contribution in [0.3, 0.4) is 0 Å². The van der Waals surface area contributed by atoms with Crippen LogP contribution in [0, 0.1) is 0 Å². The highest BCUT2D eigenvalue weighted by Gasteiger charge is 2.17. The van der Waals surface area contributed by atoms with Gasteiger partial charge in [-0.2, -0.15) is 0 Å². The Bertz CT molecular complexity index is 1050. The highest BCUT2D eigenvalue weighted by atomic mass is 16.5. The summed E-state index contributed by atoms with van der Waals surface area (Å²) in [5.41, 5.74) is 3.52. The number of benzene rings is 2. The average molecular weight is 315 g/mol. The lowest BCUT2D eigenvalue weighted by Gasteiger charge is -2.05. The first-order valence-corrected chi connectivity index (χ1v) is 8.04. The normalized spacial score (nSPS) is 11.0. The first kappa shape index (κ1) is 14.5. The van der Waals surface area contributed by atoms with Crippen molar-refractivity contribution in [1.29, 1.82) is 0 Å². The molecular formula is C21H17NO2. The molecule has 3 heteroatoms. The van der Waals surface area contributed by atoms with E-state index >= 15 is 0 Å². The number of hydrogen-bond donors (Lipinski definition) is 0. The molecule has 4 aromatic rings. The Morgan fingerprint density at radius 2 is 1.75 bits per heavy atom. The van der Waals surface area contributed by atoms with E-state index in [0.717, 1.165) is 16.8 Å². The molecule has 0 saturated carbocycles. The van der Waals surface area contributed by atoms with Gasteiger partial charge in [0.25, 0.3) is 0 Å². The molecule has 0 aliphatic carbocycles. The molecule has 118 valence electrons. The van der Waals surface area contributed by atoms with E-state index in [0.29, 0.717) is 12.2 Å². The van der Waals surface area contributed by atoms with Gasteiger partial charge in [0.15, 0.2) is 0 Å². The lowest BCUT2D eigenvalue weighted by Crippen LogP contribution is -2.03. The van der Waals surface area contributed by atoms with Crippen LogP contribution in [-0.4, -0.2) is 17.0 Å². The van der Waals surface area contributed by atoms with Gasteiger partial charge in [0.2, 0.25) is 0 Å². The van der Waals surface area contributed by atoms with Crippen LogP contribution in [0.15, 0.2) is 72.9 Å². The minimum atomic E-state index is -0.284. The molecule has 2 aromatic carbocycles. The molecule has 0 fully saturated rings. The third-order valence-electron chi connectivity index (χ3n) is 4.22. The summed E-state index contributed by atoms with van der Waals surface area (Å²) in [4.78, 5) is 12.3. The summed E-state index contributed by atoms with van der Waals surface area (Å²) >= 11 is 0. The SMILES string of the molecule is CCOC(=O)c1cc(-c2ccc3ccccc3c2)n2ccccc12. The van der Waals surface area contributed by atoms with Gasteiger partial charge in [-0.1, -0.05) is 42.5 Å². The Morgan fingerprint density at radius 3 is 2.58 bits per heavy atom. The summed E-state index contributed by atoms with van der Waals surface area (Å²) in [6.07, 6.45) is 1.97. The number of nitrogens with zero attached hydrogens (tertiary/aromatic N) is 1. The molecule has 0 N–H and O–H groups in total. The van der Waals surface area contributed by atoms with E-state index in [1.807, 2.05) is 53.9 Å². The van der Waals surface area contributed by atoms with Crippen molar-refractivity contribution in [3.05, 3.63) is 78.5 Å². The van der Waals surface area contributed by atoms with Crippen molar-refractivity contribution in [1.82, 2.24) is 4.40 Å². The van der Waals surface area contributed by atoms with Crippen molar-refractivity contribution in [3.63, 3.8) is 0 Å². The molecular weight excluding hydrogens is 298 g/mol.